The van der Waals surface area contributed by atoms with Crippen molar-refractivity contribution < 1.29 is 0 Å². The fraction of sp³-hybridized carbons (Fsp3) is 0.0278. The van der Waals surface area contributed by atoms with E-state index in [0.717, 1.165) is 16.9 Å². The normalized spacial score (nSPS) is 14.0. The fourth-order valence-corrected chi connectivity index (χ4v) is 7.13. The minimum atomic E-state index is -0.389. The van der Waals surface area contributed by atoms with Crippen LogP contribution in [0.25, 0.3) is 50.0 Å². The van der Waals surface area contributed by atoms with Gasteiger partial charge < -0.3 is 0 Å². The molecule has 1 aliphatic heterocycles. The second kappa shape index (κ2) is 7.08. The van der Waals surface area contributed by atoms with E-state index in [4.69, 9.17) is 4.98 Å². The molecule has 0 saturated carbocycles. The number of imidazole rings is 1. The third-order valence-electron chi connectivity index (χ3n) is 8.59. The Labute approximate surface area is 220 Å². The van der Waals surface area contributed by atoms with Crippen LogP contribution >= 0.6 is 0 Å². The summed E-state index contributed by atoms with van der Waals surface area (Å²) in [5, 5.41) is 2.47. The van der Waals surface area contributed by atoms with E-state index in [1.165, 1.54) is 55.4 Å². The summed E-state index contributed by atoms with van der Waals surface area (Å²) < 4.78 is 2.40. The lowest BCUT2D eigenvalue weighted by molar-refractivity contribution is 0.746. The summed E-state index contributed by atoms with van der Waals surface area (Å²) in [6.07, 6.45) is 0. The highest BCUT2D eigenvalue weighted by Gasteiger charge is 2.50. The highest BCUT2D eigenvalue weighted by Crippen LogP contribution is 2.60. The summed E-state index contributed by atoms with van der Waals surface area (Å²) in [4.78, 5) is 5.29. The standard InChI is InChI=1S/C36H22N2/c1-2-11-24-22-25(21-20-23(24)10-1)35-37-32-18-9-17-31-34(32)38(35)33-19-8-7-16-30(33)36(31)28-14-5-3-12-26(28)27-13-4-6-15-29(27)36/h1-22H. The van der Waals surface area contributed by atoms with Crippen molar-refractivity contribution in [2.24, 2.45) is 0 Å². The number of para-hydroxylation sites is 2. The van der Waals surface area contributed by atoms with Crippen molar-refractivity contribution in [2.75, 3.05) is 0 Å². The van der Waals surface area contributed by atoms with E-state index in [-0.39, 0.29) is 5.41 Å². The van der Waals surface area contributed by atoms with Gasteiger partial charge in [0.2, 0.25) is 0 Å². The molecule has 0 radical (unpaired) electrons. The van der Waals surface area contributed by atoms with Gasteiger partial charge in [-0.2, -0.15) is 0 Å². The first-order valence-electron chi connectivity index (χ1n) is 13.2. The van der Waals surface area contributed by atoms with Crippen molar-refractivity contribution in [2.45, 2.75) is 5.41 Å². The van der Waals surface area contributed by atoms with Gasteiger partial charge in [0, 0.05) is 5.56 Å². The van der Waals surface area contributed by atoms with Gasteiger partial charge in [-0.05, 0) is 62.4 Å². The third kappa shape index (κ3) is 2.32. The largest absolute Gasteiger partial charge is 0.292 e. The molecule has 0 bridgehead atoms. The Bertz CT molecular complexity index is 2050. The molecule has 6 aromatic carbocycles. The molecule has 7 aromatic rings. The third-order valence-corrected chi connectivity index (χ3v) is 8.59. The number of fused-ring (bicyclic) bond motifs is 10. The molecule has 1 aliphatic carbocycles. The Morgan fingerprint density at radius 3 is 1.92 bits per heavy atom. The van der Waals surface area contributed by atoms with Crippen LogP contribution in [0.1, 0.15) is 22.3 Å². The molecule has 2 heteroatoms. The van der Waals surface area contributed by atoms with Crippen LogP contribution in [-0.4, -0.2) is 9.55 Å². The van der Waals surface area contributed by atoms with E-state index in [1.54, 1.807) is 0 Å². The number of hydrogen-bond acceptors (Lipinski definition) is 1. The molecular weight excluding hydrogens is 460 g/mol. The van der Waals surface area contributed by atoms with E-state index in [2.05, 4.69) is 138 Å². The van der Waals surface area contributed by atoms with Gasteiger partial charge in [-0.1, -0.05) is 115 Å². The minimum absolute atomic E-state index is 0.389. The van der Waals surface area contributed by atoms with Crippen LogP contribution in [0.3, 0.4) is 0 Å². The van der Waals surface area contributed by atoms with Crippen LogP contribution in [0, 0.1) is 0 Å². The van der Waals surface area contributed by atoms with Gasteiger partial charge in [0.15, 0.2) is 0 Å². The van der Waals surface area contributed by atoms with Crippen molar-refractivity contribution in [3.63, 3.8) is 0 Å². The number of aromatic nitrogens is 2. The van der Waals surface area contributed by atoms with Crippen molar-refractivity contribution in [1.82, 2.24) is 9.55 Å². The lowest BCUT2D eigenvalue weighted by Crippen LogP contribution is -2.33. The lowest BCUT2D eigenvalue weighted by Gasteiger charge is -2.39. The number of rotatable bonds is 1. The van der Waals surface area contributed by atoms with Gasteiger partial charge in [0.25, 0.3) is 0 Å². The predicted molar refractivity (Wildman–Crippen MR) is 155 cm³/mol. The summed E-state index contributed by atoms with van der Waals surface area (Å²) in [5.41, 5.74) is 12.1. The van der Waals surface area contributed by atoms with Gasteiger partial charge in [0.1, 0.15) is 5.82 Å². The van der Waals surface area contributed by atoms with E-state index in [0.29, 0.717) is 0 Å². The molecule has 2 nitrogen and oxygen atoms in total. The number of nitrogens with zero attached hydrogens (tertiary/aromatic N) is 2. The maximum Gasteiger partial charge on any atom is 0.145 e. The van der Waals surface area contributed by atoms with Gasteiger partial charge in [-0.25, -0.2) is 4.98 Å². The van der Waals surface area contributed by atoms with Gasteiger partial charge >= 0.3 is 0 Å². The summed E-state index contributed by atoms with van der Waals surface area (Å²) in [6.45, 7) is 0. The van der Waals surface area contributed by atoms with Crippen molar-refractivity contribution >= 4 is 21.8 Å². The Kier molecular flexibility index (Phi) is 3.76. The average molecular weight is 483 g/mol. The fourth-order valence-electron chi connectivity index (χ4n) is 7.13. The monoisotopic (exact) mass is 482 g/mol. The molecule has 2 aliphatic rings. The molecule has 1 aromatic heterocycles. The quantitative estimate of drug-likeness (QED) is 0.229. The van der Waals surface area contributed by atoms with E-state index in [1.807, 2.05) is 0 Å². The molecule has 38 heavy (non-hydrogen) atoms. The first kappa shape index (κ1) is 20.1. The van der Waals surface area contributed by atoms with E-state index >= 15 is 0 Å². The van der Waals surface area contributed by atoms with Gasteiger partial charge in [-0.15, -0.1) is 0 Å². The molecule has 9 rings (SSSR count). The van der Waals surface area contributed by atoms with Crippen LogP contribution in [0.2, 0.25) is 0 Å². The Morgan fingerprint density at radius 1 is 0.500 bits per heavy atom. The van der Waals surface area contributed by atoms with Crippen molar-refractivity contribution in [3.8, 4) is 28.2 Å². The Balaban J connectivity index is 1.46. The maximum absolute atomic E-state index is 5.29. The first-order chi connectivity index (χ1) is 18.9. The topological polar surface area (TPSA) is 17.8 Å². The summed E-state index contributed by atoms with van der Waals surface area (Å²) >= 11 is 0. The molecule has 0 fully saturated rings. The lowest BCUT2D eigenvalue weighted by atomic mass is 9.65. The molecule has 0 N–H and O–H groups in total. The minimum Gasteiger partial charge on any atom is -0.292 e. The SMILES string of the molecule is c1ccc2c(c1)-c1ccccc1C21c2ccccc2-n2c(-c3ccc4ccccc4c3)nc3cccc1c32. The molecule has 0 unspecified atom stereocenters. The zero-order chi connectivity index (χ0) is 24.8. The second-order valence-corrected chi connectivity index (χ2v) is 10.4. The molecule has 0 atom stereocenters. The second-order valence-electron chi connectivity index (χ2n) is 10.4. The van der Waals surface area contributed by atoms with Crippen LogP contribution < -0.4 is 0 Å². The Morgan fingerprint density at radius 2 is 1.13 bits per heavy atom. The Hall–Kier alpha value is -4.95. The maximum atomic E-state index is 5.29. The summed E-state index contributed by atoms with van der Waals surface area (Å²) in [7, 11) is 0. The van der Waals surface area contributed by atoms with Crippen LogP contribution in [0.15, 0.2) is 133 Å². The average Bonchev–Trinajstić information content (AvgIpc) is 3.52. The van der Waals surface area contributed by atoms with Gasteiger partial charge in [0.05, 0.1) is 22.1 Å². The highest BCUT2D eigenvalue weighted by molar-refractivity contribution is 5.98. The predicted octanol–water partition coefficient (Wildman–Crippen LogP) is 8.52. The zero-order valence-electron chi connectivity index (χ0n) is 20.6. The van der Waals surface area contributed by atoms with E-state index in [9.17, 15) is 0 Å². The van der Waals surface area contributed by atoms with Crippen LogP contribution in [-0.2, 0) is 5.41 Å². The van der Waals surface area contributed by atoms with E-state index < -0.39 is 0 Å². The smallest absolute Gasteiger partial charge is 0.145 e. The summed E-state index contributed by atoms with van der Waals surface area (Å²) in [5.74, 6) is 0.986. The van der Waals surface area contributed by atoms with Gasteiger partial charge in [-0.3, -0.25) is 4.57 Å². The zero-order valence-corrected chi connectivity index (χ0v) is 20.6. The van der Waals surface area contributed by atoms with Crippen molar-refractivity contribution in [1.29, 1.82) is 0 Å². The van der Waals surface area contributed by atoms with Crippen LogP contribution in [0.4, 0.5) is 0 Å². The molecule has 0 saturated heterocycles. The number of benzene rings is 6. The van der Waals surface area contributed by atoms with Crippen LogP contribution in [0.5, 0.6) is 0 Å². The molecule has 2 heterocycles. The van der Waals surface area contributed by atoms with Crippen molar-refractivity contribution in [3.05, 3.63) is 156 Å². The molecular formula is C36H22N2. The molecule has 0 amide bonds. The first-order valence-corrected chi connectivity index (χ1v) is 13.2. The molecule has 1 spiro atoms. The number of hydrogen-bond donors (Lipinski definition) is 0. The molecule has 176 valence electrons. The highest BCUT2D eigenvalue weighted by atomic mass is 15.1. The summed E-state index contributed by atoms with van der Waals surface area (Å²) in [6, 6.07) is 48.7.